The summed E-state index contributed by atoms with van der Waals surface area (Å²) in [6.07, 6.45) is 5.28. The van der Waals surface area contributed by atoms with Crippen LogP contribution in [-0.2, 0) is 0 Å². The van der Waals surface area contributed by atoms with Crippen LogP contribution in [0.15, 0.2) is 12.3 Å². The van der Waals surface area contributed by atoms with E-state index in [4.69, 9.17) is 11.5 Å². The first kappa shape index (κ1) is 12.0. The Kier molecular flexibility index (Phi) is 4.56. The molecule has 0 aliphatic rings. The van der Waals surface area contributed by atoms with E-state index in [9.17, 15) is 0 Å². The van der Waals surface area contributed by atoms with Gasteiger partial charge in [-0.05, 0) is 49.4 Å². The molecule has 84 valence electrons. The molecular formula is C12H21N3. The van der Waals surface area contributed by atoms with Crippen molar-refractivity contribution in [3.8, 4) is 0 Å². The standard InChI is InChI=1S/C12H21N3/c1-3-4-10(5-6-13)11-8-15-12(14)7-9(11)2/h7-8,10H,3-6,13H2,1-2H3,(H2,14,15). The van der Waals surface area contributed by atoms with E-state index in [1.54, 1.807) is 0 Å². The van der Waals surface area contributed by atoms with Gasteiger partial charge in [0.1, 0.15) is 5.82 Å². The molecule has 3 nitrogen and oxygen atoms in total. The topological polar surface area (TPSA) is 64.9 Å². The average Bonchev–Trinajstić information content (AvgIpc) is 2.17. The second-order valence-electron chi connectivity index (χ2n) is 4.03. The minimum Gasteiger partial charge on any atom is -0.384 e. The molecule has 1 aromatic heterocycles. The second-order valence-corrected chi connectivity index (χ2v) is 4.03. The molecule has 0 aliphatic carbocycles. The summed E-state index contributed by atoms with van der Waals surface area (Å²) in [7, 11) is 0. The van der Waals surface area contributed by atoms with Crippen molar-refractivity contribution in [1.82, 2.24) is 4.98 Å². The zero-order chi connectivity index (χ0) is 11.3. The predicted octanol–water partition coefficient (Wildman–Crippen LogP) is 2.20. The molecule has 4 N–H and O–H groups in total. The van der Waals surface area contributed by atoms with E-state index in [0.717, 1.165) is 13.0 Å². The summed E-state index contributed by atoms with van der Waals surface area (Å²) >= 11 is 0. The van der Waals surface area contributed by atoms with Gasteiger partial charge in [0.25, 0.3) is 0 Å². The fourth-order valence-electron chi connectivity index (χ4n) is 2.02. The van der Waals surface area contributed by atoms with Crippen molar-refractivity contribution in [2.75, 3.05) is 12.3 Å². The number of nitrogens with zero attached hydrogens (tertiary/aromatic N) is 1. The lowest BCUT2D eigenvalue weighted by molar-refractivity contribution is 0.571. The monoisotopic (exact) mass is 207 g/mol. The summed E-state index contributed by atoms with van der Waals surface area (Å²) in [6.45, 7) is 5.02. The van der Waals surface area contributed by atoms with Crippen LogP contribution in [0.25, 0.3) is 0 Å². The molecule has 1 aromatic rings. The summed E-state index contributed by atoms with van der Waals surface area (Å²) in [5, 5.41) is 0. The first-order valence-electron chi connectivity index (χ1n) is 5.61. The largest absolute Gasteiger partial charge is 0.384 e. The molecule has 0 radical (unpaired) electrons. The highest BCUT2D eigenvalue weighted by Gasteiger charge is 2.12. The summed E-state index contributed by atoms with van der Waals surface area (Å²) in [5.74, 6) is 1.13. The Morgan fingerprint density at radius 1 is 1.40 bits per heavy atom. The Hall–Kier alpha value is -1.09. The minimum absolute atomic E-state index is 0.535. The number of aromatic nitrogens is 1. The zero-order valence-corrected chi connectivity index (χ0v) is 9.66. The van der Waals surface area contributed by atoms with Crippen molar-refractivity contribution in [2.24, 2.45) is 5.73 Å². The Morgan fingerprint density at radius 3 is 2.67 bits per heavy atom. The third-order valence-corrected chi connectivity index (χ3v) is 2.76. The molecule has 0 saturated heterocycles. The number of nitrogen functional groups attached to an aromatic ring is 1. The molecule has 0 spiro atoms. The van der Waals surface area contributed by atoms with Gasteiger partial charge in [0, 0.05) is 6.20 Å². The molecule has 1 rings (SSSR count). The van der Waals surface area contributed by atoms with E-state index in [-0.39, 0.29) is 0 Å². The molecule has 0 saturated carbocycles. The van der Waals surface area contributed by atoms with Gasteiger partial charge in [0.05, 0.1) is 0 Å². The van der Waals surface area contributed by atoms with Crippen LogP contribution in [0, 0.1) is 6.92 Å². The highest BCUT2D eigenvalue weighted by molar-refractivity contribution is 5.37. The fourth-order valence-corrected chi connectivity index (χ4v) is 2.02. The van der Waals surface area contributed by atoms with Gasteiger partial charge in [-0.3, -0.25) is 0 Å². The molecule has 15 heavy (non-hydrogen) atoms. The van der Waals surface area contributed by atoms with Gasteiger partial charge in [0.15, 0.2) is 0 Å². The number of pyridine rings is 1. The van der Waals surface area contributed by atoms with Crippen LogP contribution in [0.3, 0.4) is 0 Å². The van der Waals surface area contributed by atoms with E-state index in [1.165, 1.54) is 24.0 Å². The number of hydrogen-bond donors (Lipinski definition) is 2. The molecule has 1 atom stereocenters. The van der Waals surface area contributed by atoms with Crippen LogP contribution in [0.5, 0.6) is 0 Å². The first-order chi connectivity index (χ1) is 7.19. The van der Waals surface area contributed by atoms with Crippen molar-refractivity contribution in [2.45, 2.75) is 39.0 Å². The van der Waals surface area contributed by atoms with Gasteiger partial charge in [-0.15, -0.1) is 0 Å². The maximum absolute atomic E-state index is 5.64. The summed E-state index contributed by atoms with van der Waals surface area (Å²) < 4.78 is 0. The van der Waals surface area contributed by atoms with E-state index >= 15 is 0 Å². The normalized spacial score (nSPS) is 12.7. The molecule has 0 aromatic carbocycles. The summed E-state index contributed by atoms with van der Waals surface area (Å²) in [4.78, 5) is 4.16. The predicted molar refractivity (Wildman–Crippen MR) is 64.7 cm³/mol. The summed E-state index contributed by atoms with van der Waals surface area (Å²) in [6, 6.07) is 1.94. The van der Waals surface area contributed by atoms with Crippen LogP contribution in [0.2, 0.25) is 0 Å². The average molecular weight is 207 g/mol. The van der Waals surface area contributed by atoms with Crippen molar-refractivity contribution in [3.63, 3.8) is 0 Å². The number of aryl methyl sites for hydroxylation is 1. The Bertz CT molecular complexity index is 304. The zero-order valence-electron chi connectivity index (χ0n) is 9.66. The van der Waals surface area contributed by atoms with Gasteiger partial charge in [-0.2, -0.15) is 0 Å². The maximum Gasteiger partial charge on any atom is 0.123 e. The third-order valence-electron chi connectivity index (χ3n) is 2.76. The van der Waals surface area contributed by atoms with Gasteiger partial charge in [-0.1, -0.05) is 13.3 Å². The third kappa shape index (κ3) is 3.20. The van der Waals surface area contributed by atoms with Crippen molar-refractivity contribution < 1.29 is 0 Å². The van der Waals surface area contributed by atoms with Crippen LogP contribution >= 0.6 is 0 Å². The maximum atomic E-state index is 5.64. The first-order valence-corrected chi connectivity index (χ1v) is 5.61. The van der Waals surface area contributed by atoms with Gasteiger partial charge in [-0.25, -0.2) is 4.98 Å². The van der Waals surface area contributed by atoms with Crippen LogP contribution < -0.4 is 11.5 Å². The Balaban J connectivity index is 2.89. The lowest BCUT2D eigenvalue weighted by atomic mass is 9.90. The van der Waals surface area contributed by atoms with Gasteiger partial charge >= 0.3 is 0 Å². The molecule has 0 aliphatic heterocycles. The number of anilines is 1. The van der Waals surface area contributed by atoms with Gasteiger partial charge in [0.2, 0.25) is 0 Å². The molecule has 0 fully saturated rings. The minimum atomic E-state index is 0.535. The Morgan fingerprint density at radius 2 is 2.13 bits per heavy atom. The molecule has 3 heteroatoms. The molecule has 1 unspecified atom stereocenters. The van der Waals surface area contributed by atoms with E-state index in [1.807, 2.05) is 12.3 Å². The van der Waals surface area contributed by atoms with E-state index < -0.39 is 0 Å². The van der Waals surface area contributed by atoms with Crippen molar-refractivity contribution in [3.05, 3.63) is 23.4 Å². The van der Waals surface area contributed by atoms with Crippen molar-refractivity contribution >= 4 is 5.82 Å². The number of nitrogens with two attached hydrogens (primary N) is 2. The van der Waals surface area contributed by atoms with E-state index in [2.05, 4.69) is 18.8 Å². The molecule has 0 bridgehead atoms. The summed E-state index contributed by atoms with van der Waals surface area (Å²) in [5.41, 5.74) is 13.8. The quantitative estimate of drug-likeness (QED) is 0.778. The lowest BCUT2D eigenvalue weighted by Gasteiger charge is -2.17. The van der Waals surface area contributed by atoms with Crippen molar-refractivity contribution in [1.29, 1.82) is 0 Å². The molecular weight excluding hydrogens is 186 g/mol. The van der Waals surface area contributed by atoms with Gasteiger partial charge < -0.3 is 11.5 Å². The van der Waals surface area contributed by atoms with Crippen LogP contribution in [-0.4, -0.2) is 11.5 Å². The smallest absolute Gasteiger partial charge is 0.123 e. The van der Waals surface area contributed by atoms with Crippen LogP contribution in [0.4, 0.5) is 5.82 Å². The SMILES string of the molecule is CCCC(CCN)c1cnc(N)cc1C. The number of rotatable bonds is 5. The highest BCUT2D eigenvalue weighted by atomic mass is 14.8. The lowest BCUT2D eigenvalue weighted by Crippen LogP contribution is -2.09. The van der Waals surface area contributed by atoms with E-state index in [0.29, 0.717) is 11.7 Å². The van der Waals surface area contributed by atoms with Crippen LogP contribution in [0.1, 0.15) is 43.2 Å². The second kappa shape index (κ2) is 5.71. The number of hydrogen-bond acceptors (Lipinski definition) is 3. The Labute approximate surface area is 91.9 Å². The molecule has 0 amide bonds. The fraction of sp³-hybridized carbons (Fsp3) is 0.583. The molecule has 1 heterocycles. The highest BCUT2D eigenvalue weighted by Crippen LogP contribution is 2.27.